The molecule has 0 unspecified atom stereocenters. The maximum absolute atomic E-state index is 8.89. The Morgan fingerprint density at radius 2 is 1.57 bits per heavy atom. The topological polar surface area (TPSA) is 40.1 Å². The van der Waals surface area contributed by atoms with Gasteiger partial charge in [-0.05, 0) is 6.92 Å². The third-order valence-electron chi connectivity index (χ3n) is 0. The van der Waals surface area contributed by atoms with Gasteiger partial charge in [-0.1, -0.05) is 0 Å². The van der Waals surface area contributed by atoms with Crippen LogP contribution in [-0.2, 0) is 4.79 Å². The average Bonchev–Trinajstić information content (AvgIpc) is 0.811. The molecule has 0 aromatic carbocycles. The van der Waals surface area contributed by atoms with Crippen molar-refractivity contribution in [2.75, 3.05) is 0 Å². The first-order valence-electron chi connectivity index (χ1n) is 0.908. The van der Waals surface area contributed by atoms with Crippen molar-refractivity contribution in [1.29, 1.82) is 0 Å². The molecule has 0 amide bonds. The van der Waals surface area contributed by atoms with Gasteiger partial charge in [-0.25, -0.2) is 0 Å². The summed E-state index contributed by atoms with van der Waals surface area (Å²) < 4.78 is 0. The maximum Gasteiger partial charge on any atom is 2.00 e. The van der Waals surface area contributed by atoms with Gasteiger partial charge < -0.3 is 22.3 Å². The van der Waals surface area contributed by atoms with E-state index in [1.807, 2.05) is 0 Å². The van der Waals surface area contributed by atoms with Gasteiger partial charge in [0.25, 0.3) is 0 Å². The molecular formula is C2H3ClMgNaO2+. The second-order valence-electron chi connectivity index (χ2n) is 0.492. The third-order valence-corrected chi connectivity index (χ3v) is 0. The molecule has 0 heterocycles. The van der Waals surface area contributed by atoms with Crippen molar-refractivity contribution in [2.24, 2.45) is 0 Å². The zero-order chi connectivity index (χ0) is 3.58. The first-order chi connectivity index (χ1) is 1.73. The van der Waals surface area contributed by atoms with Crippen molar-refractivity contribution in [1.82, 2.24) is 0 Å². The minimum Gasteiger partial charge on any atom is -1.00 e. The summed E-state index contributed by atoms with van der Waals surface area (Å²) in [6.07, 6.45) is 0. The van der Waals surface area contributed by atoms with Crippen molar-refractivity contribution in [3.05, 3.63) is 0 Å². The molecule has 0 aromatic rings. The van der Waals surface area contributed by atoms with Crippen LogP contribution in [0.2, 0.25) is 0 Å². The van der Waals surface area contributed by atoms with Crippen LogP contribution in [0.3, 0.4) is 0 Å². The largest absolute Gasteiger partial charge is 2.00 e. The van der Waals surface area contributed by atoms with Crippen LogP contribution in [0.5, 0.6) is 0 Å². The predicted molar refractivity (Wildman–Crippen MR) is 16.4 cm³/mol. The van der Waals surface area contributed by atoms with E-state index in [-0.39, 0.29) is 65.0 Å². The van der Waals surface area contributed by atoms with E-state index in [0.29, 0.717) is 0 Å². The van der Waals surface area contributed by atoms with Gasteiger partial charge in [-0.15, -0.1) is 0 Å². The second-order valence-corrected chi connectivity index (χ2v) is 0.492. The summed E-state index contributed by atoms with van der Waals surface area (Å²) in [7, 11) is 0. The van der Waals surface area contributed by atoms with Crippen LogP contribution in [0.15, 0.2) is 0 Å². The van der Waals surface area contributed by atoms with E-state index in [1.165, 1.54) is 0 Å². The van der Waals surface area contributed by atoms with E-state index in [9.17, 15) is 0 Å². The average molecular weight is 142 g/mol. The number of hydrogen-bond acceptors (Lipinski definition) is 2. The molecule has 0 saturated carbocycles. The number of carboxylic acid groups (broad SMARTS) is 1. The molecule has 0 fully saturated rings. The summed E-state index contributed by atoms with van der Waals surface area (Å²) in [4.78, 5) is 8.89. The van der Waals surface area contributed by atoms with Gasteiger partial charge in [-0.3, -0.25) is 0 Å². The number of aliphatic carboxylic acids is 1. The van der Waals surface area contributed by atoms with Gasteiger partial charge in [0.05, 0.1) is 0 Å². The Morgan fingerprint density at radius 1 is 1.57 bits per heavy atom. The maximum atomic E-state index is 8.89. The molecule has 0 N–H and O–H groups in total. The Bertz CT molecular complexity index is 38.7. The minimum absolute atomic E-state index is 0. The Hall–Kier alpha value is 1.53. The molecule has 0 radical (unpaired) electrons. The fraction of sp³-hybridized carbons (Fsp3) is 0.500. The van der Waals surface area contributed by atoms with Gasteiger partial charge >= 0.3 is 52.6 Å². The quantitative estimate of drug-likeness (QED) is 0.315. The molecule has 7 heavy (non-hydrogen) atoms. The van der Waals surface area contributed by atoms with Crippen molar-refractivity contribution < 1.29 is 51.9 Å². The van der Waals surface area contributed by atoms with Crippen LogP contribution >= 0.6 is 0 Å². The monoisotopic (exact) mass is 141 g/mol. The molecule has 32 valence electrons. The molecule has 0 saturated heterocycles. The van der Waals surface area contributed by atoms with Crippen LogP contribution in [0.1, 0.15) is 6.92 Å². The molecule has 2 nitrogen and oxygen atoms in total. The number of rotatable bonds is 0. The first-order valence-corrected chi connectivity index (χ1v) is 0.908. The Morgan fingerprint density at radius 3 is 1.57 bits per heavy atom. The van der Waals surface area contributed by atoms with Gasteiger partial charge in [0, 0.05) is 5.97 Å². The van der Waals surface area contributed by atoms with E-state index >= 15 is 0 Å². The second kappa shape index (κ2) is 15.6. The van der Waals surface area contributed by atoms with Crippen LogP contribution in [0.25, 0.3) is 0 Å². The summed E-state index contributed by atoms with van der Waals surface area (Å²) in [5.41, 5.74) is 0. The van der Waals surface area contributed by atoms with Gasteiger partial charge in [0.15, 0.2) is 0 Å². The third kappa shape index (κ3) is 98.7. The molecular weight excluding hydrogens is 139 g/mol. The van der Waals surface area contributed by atoms with Crippen LogP contribution in [-0.4, -0.2) is 29.0 Å². The van der Waals surface area contributed by atoms with Crippen molar-refractivity contribution >= 4 is 29.0 Å². The Kier molecular flexibility index (Phi) is 52.7. The van der Waals surface area contributed by atoms with E-state index in [1.54, 1.807) is 0 Å². The van der Waals surface area contributed by atoms with Crippen LogP contribution in [0, 0.1) is 0 Å². The summed E-state index contributed by atoms with van der Waals surface area (Å²) in [6.45, 7) is 0.972. The smallest absolute Gasteiger partial charge is 1.00 e. The zero-order valence-electron chi connectivity index (χ0n) is 4.40. The molecule has 0 rings (SSSR count). The molecule has 0 atom stereocenters. The fourth-order valence-electron chi connectivity index (χ4n) is 0. The molecule has 0 spiro atoms. The number of carbonyl (C=O) groups excluding carboxylic acids is 1. The first kappa shape index (κ1) is 23.6. The van der Waals surface area contributed by atoms with Gasteiger partial charge in [-0.2, -0.15) is 0 Å². The summed E-state index contributed by atoms with van der Waals surface area (Å²) in [5.74, 6) is -1.08. The number of carbonyl (C=O) groups is 1. The van der Waals surface area contributed by atoms with E-state index in [0.717, 1.165) is 6.92 Å². The minimum atomic E-state index is -1.08. The van der Waals surface area contributed by atoms with Crippen LogP contribution in [0.4, 0.5) is 0 Å². The molecule has 0 aliphatic carbocycles. The number of hydrogen-bond donors (Lipinski definition) is 0. The van der Waals surface area contributed by atoms with E-state index in [2.05, 4.69) is 0 Å². The van der Waals surface area contributed by atoms with Gasteiger partial charge in [0.2, 0.25) is 0 Å². The van der Waals surface area contributed by atoms with Gasteiger partial charge in [0.1, 0.15) is 0 Å². The Labute approximate surface area is 86.9 Å². The molecule has 0 bridgehead atoms. The van der Waals surface area contributed by atoms with Crippen molar-refractivity contribution in [3.8, 4) is 0 Å². The number of carboxylic acids is 1. The summed E-state index contributed by atoms with van der Waals surface area (Å²) in [6, 6.07) is 0. The predicted octanol–water partition coefficient (Wildman–Crippen LogP) is -7.62. The van der Waals surface area contributed by atoms with Crippen LogP contribution < -0.4 is 47.1 Å². The standard InChI is InChI=1S/C2H4O2.ClH.Mg.Na/c1-2(3)4;;;/h1H3,(H,3,4);1H;;/q;;+2;+1/p-2. The van der Waals surface area contributed by atoms with Crippen molar-refractivity contribution in [2.45, 2.75) is 6.92 Å². The SMILES string of the molecule is CC(=O)[O-].[Cl-].[Mg+2].[Na+]. The summed E-state index contributed by atoms with van der Waals surface area (Å²) >= 11 is 0. The number of halogens is 1. The zero-order valence-corrected chi connectivity index (χ0v) is 8.57. The molecule has 0 aromatic heterocycles. The van der Waals surface area contributed by atoms with Crippen molar-refractivity contribution in [3.63, 3.8) is 0 Å². The molecule has 0 aliphatic rings. The Balaban J connectivity index is -0.0000000150. The van der Waals surface area contributed by atoms with E-state index in [4.69, 9.17) is 9.90 Å². The van der Waals surface area contributed by atoms with E-state index < -0.39 is 5.97 Å². The normalized spacial score (nSPS) is 3.57. The molecule has 5 heteroatoms. The molecule has 0 aliphatic heterocycles. The fourth-order valence-corrected chi connectivity index (χ4v) is 0. The summed E-state index contributed by atoms with van der Waals surface area (Å²) in [5, 5.41) is 8.89.